The van der Waals surface area contributed by atoms with Crippen LogP contribution < -0.4 is 4.90 Å². The quantitative estimate of drug-likeness (QED) is 0.876. The molecule has 1 N–H and O–H groups in total. The highest BCUT2D eigenvalue weighted by atomic mass is 32.2. The summed E-state index contributed by atoms with van der Waals surface area (Å²) in [6.07, 6.45) is 4.61. The molecule has 0 unspecified atom stereocenters. The van der Waals surface area contributed by atoms with Crippen molar-refractivity contribution >= 4 is 10.0 Å². The lowest BCUT2D eigenvalue weighted by atomic mass is 9.87. The zero-order valence-electron chi connectivity index (χ0n) is 16.8. The van der Waals surface area contributed by atoms with E-state index in [2.05, 4.69) is 27.7 Å². The van der Waals surface area contributed by atoms with E-state index in [1.165, 1.54) is 25.9 Å². The number of hydrogen-bond acceptors (Lipinski definition) is 2. The minimum Gasteiger partial charge on any atom is -0.332 e. The molecule has 0 atom stereocenters. The fourth-order valence-corrected chi connectivity index (χ4v) is 5.79. The molecule has 26 heavy (non-hydrogen) atoms. The predicted molar refractivity (Wildman–Crippen MR) is 106 cm³/mol. The molecule has 5 heteroatoms. The third kappa shape index (κ3) is 4.32. The lowest BCUT2D eigenvalue weighted by Crippen LogP contribution is -3.17. The molecular weight excluding hydrogens is 344 g/mol. The molecule has 2 aliphatic heterocycles. The lowest BCUT2D eigenvalue weighted by molar-refractivity contribution is -0.932. The van der Waals surface area contributed by atoms with Gasteiger partial charge in [-0.15, -0.1) is 0 Å². The van der Waals surface area contributed by atoms with E-state index in [1.807, 2.05) is 12.1 Å². The van der Waals surface area contributed by atoms with Gasteiger partial charge < -0.3 is 4.90 Å². The summed E-state index contributed by atoms with van der Waals surface area (Å²) in [7, 11) is -3.36. The molecule has 0 bridgehead atoms. The molecule has 2 heterocycles. The lowest BCUT2D eigenvalue weighted by Gasteiger charge is -2.38. The van der Waals surface area contributed by atoms with Gasteiger partial charge in [-0.2, -0.15) is 4.31 Å². The van der Waals surface area contributed by atoms with Crippen LogP contribution in [0.3, 0.4) is 0 Å². The molecule has 0 radical (unpaired) electrons. The largest absolute Gasteiger partial charge is 0.332 e. The maximum absolute atomic E-state index is 13.0. The first-order valence-electron chi connectivity index (χ1n) is 10.1. The first-order valence-corrected chi connectivity index (χ1v) is 11.6. The van der Waals surface area contributed by atoms with Gasteiger partial charge in [0.25, 0.3) is 0 Å². The Bertz CT molecular complexity index is 691. The van der Waals surface area contributed by atoms with Gasteiger partial charge in [-0.1, -0.05) is 39.8 Å². The van der Waals surface area contributed by atoms with Crippen molar-refractivity contribution < 1.29 is 13.3 Å². The summed E-state index contributed by atoms with van der Waals surface area (Å²) in [5.41, 5.74) is 1.20. The van der Waals surface area contributed by atoms with Gasteiger partial charge >= 0.3 is 0 Å². The fraction of sp³-hybridized carbons (Fsp3) is 0.714. The molecule has 0 amide bonds. The Labute approximate surface area is 159 Å². The Morgan fingerprint density at radius 2 is 1.50 bits per heavy atom. The summed E-state index contributed by atoms with van der Waals surface area (Å²) >= 11 is 0. The monoisotopic (exact) mass is 379 g/mol. The number of piperidine rings is 2. The van der Waals surface area contributed by atoms with Crippen molar-refractivity contribution in [1.82, 2.24) is 4.31 Å². The van der Waals surface area contributed by atoms with Crippen LogP contribution in [-0.2, 0) is 15.4 Å². The summed E-state index contributed by atoms with van der Waals surface area (Å²) < 4.78 is 27.7. The molecule has 0 saturated carbocycles. The summed E-state index contributed by atoms with van der Waals surface area (Å²) in [6.45, 7) is 12.6. The molecule has 1 aromatic rings. The first kappa shape index (κ1) is 19.8. The van der Waals surface area contributed by atoms with E-state index in [0.717, 1.165) is 24.3 Å². The average Bonchev–Trinajstić information content (AvgIpc) is 2.62. The Balaban J connectivity index is 1.63. The number of benzene rings is 1. The van der Waals surface area contributed by atoms with Gasteiger partial charge in [0.2, 0.25) is 10.0 Å². The predicted octanol–water partition coefficient (Wildman–Crippen LogP) is 2.45. The van der Waals surface area contributed by atoms with Crippen LogP contribution in [-0.4, -0.2) is 44.9 Å². The van der Waals surface area contributed by atoms with Crippen LogP contribution in [0, 0.1) is 5.92 Å². The molecule has 0 aliphatic carbocycles. The van der Waals surface area contributed by atoms with E-state index in [1.54, 1.807) is 21.3 Å². The molecule has 2 aliphatic rings. The second-order valence-corrected chi connectivity index (χ2v) is 11.2. The normalized spacial score (nSPS) is 26.8. The number of quaternary nitrogens is 1. The molecule has 1 aromatic carbocycles. The van der Waals surface area contributed by atoms with Gasteiger partial charge in [-0.25, -0.2) is 8.42 Å². The van der Waals surface area contributed by atoms with Crippen LogP contribution >= 0.6 is 0 Å². The summed E-state index contributed by atoms with van der Waals surface area (Å²) in [5, 5.41) is 0. The van der Waals surface area contributed by atoms with Gasteiger partial charge in [0.15, 0.2) is 0 Å². The number of nitrogens with zero attached hydrogens (tertiary/aromatic N) is 1. The smallest absolute Gasteiger partial charge is 0.243 e. The Kier molecular flexibility index (Phi) is 5.80. The molecule has 2 fully saturated rings. The van der Waals surface area contributed by atoms with E-state index in [9.17, 15) is 8.42 Å². The van der Waals surface area contributed by atoms with Crippen LogP contribution in [0.15, 0.2) is 29.2 Å². The van der Waals surface area contributed by atoms with Crippen molar-refractivity contribution in [2.45, 2.75) is 69.7 Å². The van der Waals surface area contributed by atoms with Gasteiger partial charge in [0.1, 0.15) is 0 Å². The molecular formula is C21H35N2O2S+. The van der Waals surface area contributed by atoms with E-state index < -0.39 is 10.0 Å². The first-order chi connectivity index (χ1) is 12.2. The number of hydrogen-bond donors (Lipinski definition) is 1. The zero-order chi connectivity index (χ0) is 18.9. The van der Waals surface area contributed by atoms with Crippen molar-refractivity contribution in [3.8, 4) is 0 Å². The highest BCUT2D eigenvalue weighted by molar-refractivity contribution is 7.89. The Morgan fingerprint density at radius 1 is 0.962 bits per heavy atom. The van der Waals surface area contributed by atoms with Crippen LogP contribution in [0.25, 0.3) is 0 Å². The minimum atomic E-state index is -3.36. The molecule has 0 spiro atoms. The van der Waals surface area contributed by atoms with E-state index >= 15 is 0 Å². The summed E-state index contributed by atoms with van der Waals surface area (Å²) in [5.74, 6) is 0.857. The second-order valence-electron chi connectivity index (χ2n) is 9.29. The maximum Gasteiger partial charge on any atom is 0.243 e. The number of rotatable bonds is 3. The molecule has 146 valence electrons. The Morgan fingerprint density at radius 3 is 2.00 bits per heavy atom. The van der Waals surface area contributed by atoms with Gasteiger partial charge in [-0.3, -0.25) is 0 Å². The number of sulfonamides is 1. The summed E-state index contributed by atoms with van der Waals surface area (Å²) in [6, 6.07) is 8.10. The highest BCUT2D eigenvalue weighted by Gasteiger charge is 2.34. The third-order valence-corrected chi connectivity index (χ3v) is 8.22. The van der Waals surface area contributed by atoms with E-state index in [4.69, 9.17) is 0 Å². The van der Waals surface area contributed by atoms with Crippen LogP contribution in [0.1, 0.15) is 58.9 Å². The summed E-state index contributed by atoms with van der Waals surface area (Å²) in [4.78, 5) is 2.14. The highest BCUT2D eigenvalue weighted by Crippen LogP contribution is 2.26. The van der Waals surface area contributed by atoms with Crippen molar-refractivity contribution in [1.29, 1.82) is 0 Å². The number of nitrogens with one attached hydrogen (secondary N) is 1. The zero-order valence-corrected chi connectivity index (χ0v) is 17.6. The van der Waals surface area contributed by atoms with Gasteiger partial charge in [0, 0.05) is 25.9 Å². The van der Waals surface area contributed by atoms with Crippen molar-refractivity contribution in [3.05, 3.63) is 29.8 Å². The molecule has 3 rings (SSSR count). The number of likely N-dealkylation sites (tertiary alicyclic amines) is 1. The van der Waals surface area contributed by atoms with Crippen LogP contribution in [0.2, 0.25) is 0 Å². The standard InChI is InChI=1S/C21H34N2O2S/c1-17-9-13-22(14-10-17)19-11-15-23(16-12-19)26(24,25)20-7-5-18(6-8-20)21(2,3)4/h5-8,17,19H,9-16H2,1-4H3/p+1. The van der Waals surface area contributed by atoms with E-state index in [-0.39, 0.29) is 5.41 Å². The van der Waals surface area contributed by atoms with Crippen LogP contribution in [0.4, 0.5) is 0 Å². The average molecular weight is 380 g/mol. The topological polar surface area (TPSA) is 41.8 Å². The minimum absolute atomic E-state index is 0.0371. The van der Waals surface area contributed by atoms with Gasteiger partial charge in [-0.05, 0) is 41.9 Å². The van der Waals surface area contributed by atoms with Gasteiger partial charge in [0.05, 0.1) is 24.0 Å². The molecule has 2 saturated heterocycles. The fourth-order valence-electron chi connectivity index (χ4n) is 4.32. The molecule has 4 nitrogen and oxygen atoms in total. The van der Waals surface area contributed by atoms with Crippen molar-refractivity contribution in [2.75, 3.05) is 26.2 Å². The van der Waals surface area contributed by atoms with Crippen molar-refractivity contribution in [3.63, 3.8) is 0 Å². The van der Waals surface area contributed by atoms with E-state index in [0.29, 0.717) is 24.0 Å². The molecule has 0 aromatic heterocycles. The second kappa shape index (κ2) is 7.61. The van der Waals surface area contributed by atoms with Crippen molar-refractivity contribution in [2.24, 2.45) is 5.92 Å². The van der Waals surface area contributed by atoms with Crippen LogP contribution in [0.5, 0.6) is 0 Å². The Hall–Kier alpha value is -0.910. The maximum atomic E-state index is 13.0. The third-order valence-electron chi connectivity index (χ3n) is 6.31. The SMILES string of the molecule is CC1CC[NH+](C2CCN(S(=O)(=O)c3ccc(C(C)(C)C)cc3)CC2)CC1.